The Morgan fingerprint density at radius 3 is 2.46 bits per heavy atom. The lowest BCUT2D eigenvalue weighted by atomic mass is 9.91. The van der Waals surface area contributed by atoms with E-state index < -0.39 is 5.60 Å². The number of nitrogens with zero attached hydrogens (tertiary/aromatic N) is 4. The molecular weight excluding hydrogens is 467 g/mol. The van der Waals surface area contributed by atoms with E-state index in [1.54, 1.807) is 4.90 Å². The Kier molecular flexibility index (Phi) is 5.95. The Labute approximate surface area is 216 Å². The molecule has 2 saturated heterocycles. The molecule has 0 radical (unpaired) electrons. The number of piperidine rings is 1. The summed E-state index contributed by atoms with van der Waals surface area (Å²) in [5.74, 6) is -0.241. The summed E-state index contributed by atoms with van der Waals surface area (Å²) in [6.45, 7) is 7.38. The van der Waals surface area contributed by atoms with Crippen molar-refractivity contribution in [2.75, 3.05) is 24.5 Å². The number of hydrogen-bond acceptors (Lipinski definition) is 4. The molecule has 6 nitrogen and oxygen atoms in total. The average Bonchev–Trinajstić information content (AvgIpc) is 3.44. The zero-order valence-electron chi connectivity index (χ0n) is 21.2. The Morgan fingerprint density at radius 1 is 1.03 bits per heavy atom. The van der Waals surface area contributed by atoms with Crippen molar-refractivity contribution < 1.29 is 13.9 Å². The number of carbonyl (C=O) groups excluding carboxylic acids is 1. The Morgan fingerprint density at radius 2 is 1.76 bits per heavy atom. The summed E-state index contributed by atoms with van der Waals surface area (Å²) in [5.41, 5.74) is 4.65. The number of para-hydroxylation sites is 1. The van der Waals surface area contributed by atoms with Gasteiger partial charge in [-0.2, -0.15) is 0 Å². The van der Waals surface area contributed by atoms with Crippen LogP contribution in [0.2, 0.25) is 0 Å². The minimum Gasteiger partial charge on any atom is -0.441 e. The first-order chi connectivity index (χ1) is 17.9. The molecule has 7 heteroatoms. The number of anilines is 1. The number of pyridine rings is 1. The van der Waals surface area contributed by atoms with Crippen molar-refractivity contribution in [3.8, 4) is 11.1 Å². The molecule has 0 bridgehead atoms. The number of halogens is 1. The molecule has 0 aliphatic carbocycles. The van der Waals surface area contributed by atoms with Crippen LogP contribution in [0.3, 0.4) is 0 Å². The second-order valence-electron chi connectivity index (χ2n) is 10.5. The zero-order chi connectivity index (χ0) is 25.6. The monoisotopic (exact) mass is 498 g/mol. The molecule has 6 rings (SSSR count). The lowest BCUT2D eigenvalue weighted by Gasteiger charge is -2.37. The van der Waals surface area contributed by atoms with E-state index in [0.717, 1.165) is 60.3 Å². The topological polar surface area (TPSA) is 50.6 Å². The van der Waals surface area contributed by atoms with E-state index in [9.17, 15) is 9.18 Å². The molecule has 2 aliphatic heterocycles. The lowest BCUT2D eigenvalue weighted by molar-refractivity contribution is -0.000890. The van der Waals surface area contributed by atoms with Crippen molar-refractivity contribution in [1.29, 1.82) is 0 Å². The predicted molar refractivity (Wildman–Crippen MR) is 143 cm³/mol. The molecule has 37 heavy (non-hydrogen) atoms. The van der Waals surface area contributed by atoms with Gasteiger partial charge >= 0.3 is 6.09 Å². The second-order valence-corrected chi connectivity index (χ2v) is 10.5. The van der Waals surface area contributed by atoms with Gasteiger partial charge in [-0.3, -0.25) is 9.80 Å². The number of likely N-dealkylation sites (tertiary alicyclic amines) is 1. The maximum absolute atomic E-state index is 13.6. The second kappa shape index (κ2) is 9.30. The van der Waals surface area contributed by atoms with Gasteiger partial charge in [0, 0.05) is 62.0 Å². The van der Waals surface area contributed by atoms with Crippen molar-refractivity contribution >= 4 is 22.8 Å². The average molecular weight is 499 g/mol. The van der Waals surface area contributed by atoms with E-state index in [-0.39, 0.29) is 18.0 Å². The van der Waals surface area contributed by atoms with E-state index in [0.29, 0.717) is 6.54 Å². The number of aromatic nitrogens is 2. The molecular formula is C30H31FN4O2. The van der Waals surface area contributed by atoms with Crippen LogP contribution in [0.25, 0.3) is 22.2 Å². The third-order valence-corrected chi connectivity index (χ3v) is 7.70. The van der Waals surface area contributed by atoms with E-state index in [2.05, 4.69) is 29.5 Å². The lowest BCUT2D eigenvalue weighted by Crippen LogP contribution is -2.46. The third-order valence-electron chi connectivity index (χ3n) is 7.70. The van der Waals surface area contributed by atoms with Crippen molar-refractivity contribution in [2.45, 2.75) is 44.9 Å². The number of fused-ring (bicyclic) bond motifs is 1. The van der Waals surface area contributed by atoms with Gasteiger partial charge < -0.3 is 9.30 Å². The summed E-state index contributed by atoms with van der Waals surface area (Å²) in [6.07, 6.45) is 5.39. The van der Waals surface area contributed by atoms with Crippen LogP contribution in [0, 0.1) is 5.82 Å². The molecule has 2 aromatic carbocycles. The van der Waals surface area contributed by atoms with E-state index >= 15 is 0 Å². The van der Waals surface area contributed by atoms with E-state index in [4.69, 9.17) is 9.72 Å². The van der Waals surface area contributed by atoms with Crippen LogP contribution < -0.4 is 4.90 Å². The van der Waals surface area contributed by atoms with Gasteiger partial charge in [0.15, 0.2) is 0 Å². The molecule has 2 aromatic heterocycles. The van der Waals surface area contributed by atoms with Crippen LogP contribution in [0.4, 0.5) is 14.9 Å². The Hall–Kier alpha value is -3.71. The number of benzene rings is 2. The van der Waals surface area contributed by atoms with Gasteiger partial charge in [0.25, 0.3) is 0 Å². The molecule has 0 atom stereocenters. The van der Waals surface area contributed by atoms with Gasteiger partial charge in [0.2, 0.25) is 0 Å². The van der Waals surface area contributed by atoms with Crippen LogP contribution in [-0.4, -0.2) is 45.8 Å². The van der Waals surface area contributed by atoms with Crippen LogP contribution in [0.15, 0.2) is 73.1 Å². The third kappa shape index (κ3) is 4.37. The molecule has 2 fully saturated rings. The first-order valence-electron chi connectivity index (χ1n) is 12.9. The minimum atomic E-state index is -0.434. The quantitative estimate of drug-likeness (QED) is 0.319. The molecule has 4 heterocycles. The zero-order valence-corrected chi connectivity index (χ0v) is 21.2. The number of ether oxygens (including phenoxy) is 1. The molecule has 1 amide bonds. The molecule has 0 saturated carbocycles. The largest absolute Gasteiger partial charge is 0.441 e. The van der Waals surface area contributed by atoms with E-state index in [1.807, 2.05) is 54.7 Å². The highest BCUT2D eigenvalue weighted by Gasteiger charge is 2.47. The van der Waals surface area contributed by atoms with Crippen LogP contribution in [0.5, 0.6) is 0 Å². The van der Waals surface area contributed by atoms with Gasteiger partial charge in [0.05, 0.1) is 6.54 Å². The predicted octanol–water partition coefficient (Wildman–Crippen LogP) is 6.41. The number of amides is 1. The summed E-state index contributed by atoms with van der Waals surface area (Å²) < 4.78 is 21.8. The van der Waals surface area contributed by atoms with Gasteiger partial charge in [-0.25, -0.2) is 14.2 Å². The van der Waals surface area contributed by atoms with Crippen LogP contribution >= 0.6 is 0 Å². The number of carbonyl (C=O) groups is 1. The van der Waals surface area contributed by atoms with Gasteiger partial charge in [0.1, 0.15) is 17.1 Å². The van der Waals surface area contributed by atoms with Crippen LogP contribution in [-0.2, 0) is 11.3 Å². The Bertz CT molecular complexity index is 1420. The molecule has 4 aromatic rings. The molecule has 190 valence electrons. The summed E-state index contributed by atoms with van der Waals surface area (Å²) in [4.78, 5) is 21.6. The molecule has 0 unspecified atom stereocenters. The molecule has 2 aliphatic rings. The highest BCUT2D eigenvalue weighted by Crippen LogP contribution is 2.38. The first kappa shape index (κ1) is 23.7. The van der Waals surface area contributed by atoms with Gasteiger partial charge in [-0.05, 0) is 60.9 Å². The SMILES string of the molecule is CC(C)n1cc(CN2CCC3(CC2)CN(c2ccccc2)C(=O)O3)c2c(-c3ccc(F)cc3)ccnc21. The fraction of sp³-hybridized carbons (Fsp3) is 0.333. The van der Waals surface area contributed by atoms with Crippen molar-refractivity contribution in [3.63, 3.8) is 0 Å². The van der Waals surface area contributed by atoms with Gasteiger partial charge in [-0.15, -0.1) is 0 Å². The standard InChI is InChI=1S/C30H31FN4O2/c1-21(2)34-19-23(27-26(12-15-32-28(27)34)22-8-10-24(31)11-9-22)18-33-16-13-30(14-17-33)20-35(29(36)37-30)25-6-4-3-5-7-25/h3-12,15,19,21H,13-14,16-18,20H2,1-2H3. The summed E-state index contributed by atoms with van der Waals surface area (Å²) in [7, 11) is 0. The smallest absolute Gasteiger partial charge is 0.415 e. The molecule has 1 spiro atoms. The fourth-order valence-electron chi connectivity index (χ4n) is 5.69. The highest BCUT2D eigenvalue weighted by atomic mass is 19.1. The first-order valence-corrected chi connectivity index (χ1v) is 12.9. The Balaban J connectivity index is 1.25. The summed E-state index contributed by atoms with van der Waals surface area (Å²) in [5, 5.41) is 1.12. The van der Waals surface area contributed by atoms with Crippen LogP contribution in [0.1, 0.15) is 38.3 Å². The van der Waals surface area contributed by atoms with Crippen molar-refractivity contribution in [2.24, 2.45) is 0 Å². The summed E-state index contributed by atoms with van der Waals surface area (Å²) in [6, 6.07) is 18.7. The van der Waals surface area contributed by atoms with Crippen molar-refractivity contribution in [1.82, 2.24) is 14.5 Å². The fourth-order valence-corrected chi connectivity index (χ4v) is 5.69. The maximum atomic E-state index is 13.6. The maximum Gasteiger partial charge on any atom is 0.415 e. The number of hydrogen-bond donors (Lipinski definition) is 0. The van der Waals surface area contributed by atoms with E-state index in [1.165, 1.54) is 17.7 Å². The highest BCUT2D eigenvalue weighted by molar-refractivity contribution is 5.96. The molecule has 0 N–H and O–H groups in total. The normalized spacial score (nSPS) is 17.7. The van der Waals surface area contributed by atoms with Gasteiger partial charge in [-0.1, -0.05) is 30.3 Å². The van der Waals surface area contributed by atoms with Crippen molar-refractivity contribution in [3.05, 3.63) is 84.4 Å². The number of rotatable bonds is 5. The summed E-state index contributed by atoms with van der Waals surface area (Å²) >= 11 is 0. The minimum absolute atomic E-state index is 0.241.